The minimum absolute atomic E-state index is 0.594. The van der Waals surface area contributed by atoms with E-state index in [4.69, 9.17) is 4.74 Å². The van der Waals surface area contributed by atoms with Gasteiger partial charge in [0.25, 0.3) is 0 Å². The number of anilines is 1. The molecule has 0 saturated carbocycles. The summed E-state index contributed by atoms with van der Waals surface area (Å²) in [6, 6.07) is 1.31. The molecule has 0 bridgehead atoms. The van der Waals surface area contributed by atoms with Crippen LogP contribution in [-0.2, 0) is 4.74 Å². The molecule has 2 unspecified atom stereocenters. The van der Waals surface area contributed by atoms with Gasteiger partial charge in [0, 0.05) is 39.0 Å². The Kier molecular flexibility index (Phi) is 4.80. The van der Waals surface area contributed by atoms with Gasteiger partial charge < -0.3 is 14.6 Å². The van der Waals surface area contributed by atoms with Crippen molar-refractivity contribution in [3.05, 3.63) is 11.9 Å². The first kappa shape index (κ1) is 14.9. The number of aromatic nitrogens is 2. The molecule has 1 aromatic heterocycles. The van der Waals surface area contributed by atoms with Gasteiger partial charge in [0.1, 0.15) is 0 Å². The predicted octanol–water partition coefficient (Wildman–Crippen LogP) is 2.44. The molecule has 3 rings (SSSR count). The third kappa shape index (κ3) is 3.24. The van der Waals surface area contributed by atoms with Crippen molar-refractivity contribution in [1.29, 1.82) is 0 Å². The van der Waals surface area contributed by atoms with Crippen LogP contribution in [0.2, 0.25) is 0 Å². The average molecular weight is 292 g/mol. The molecule has 5 heteroatoms. The number of ether oxygens (including phenoxy) is 1. The van der Waals surface area contributed by atoms with Gasteiger partial charge in [-0.1, -0.05) is 6.42 Å². The SMILES string of the molecule is COCCCNc1nc(C)cn1C1CCN2CCCCC12. The second kappa shape index (κ2) is 6.79. The standard InChI is InChI=1S/C16H28N4O/c1-13-12-20(16(18-13)17-8-5-11-21-2)15-7-10-19-9-4-3-6-14(15)19/h12,14-15H,3-11H2,1-2H3,(H,17,18). The van der Waals surface area contributed by atoms with Gasteiger partial charge in [0.05, 0.1) is 11.7 Å². The molecule has 0 spiro atoms. The molecule has 21 heavy (non-hydrogen) atoms. The lowest BCUT2D eigenvalue weighted by Crippen LogP contribution is -2.37. The fourth-order valence-electron chi connectivity index (χ4n) is 3.86. The third-order valence-electron chi connectivity index (χ3n) is 4.84. The van der Waals surface area contributed by atoms with Crippen molar-refractivity contribution in [2.45, 2.75) is 51.1 Å². The molecule has 1 aromatic rings. The minimum Gasteiger partial charge on any atom is -0.385 e. The molecule has 2 saturated heterocycles. The normalized spacial score (nSPS) is 26.0. The number of hydrogen-bond donors (Lipinski definition) is 1. The molecule has 0 radical (unpaired) electrons. The van der Waals surface area contributed by atoms with Gasteiger partial charge in [0.15, 0.2) is 0 Å². The Hall–Kier alpha value is -1.07. The number of fused-ring (bicyclic) bond motifs is 1. The van der Waals surface area contributed by atoms with Crippen molar-refractivity contribution >= 4 is 5.95 Å². The van der Waals surface area contributed by atoms with Crippen LogP contribution in [0.4, 0.5) is 5.95 Å². The number of imidazole rings is 1. The Morgan fingerprint density at radius 2 is 2.19 bits per heavy atom. The van der Waals surface area contributed by atoms with Crippen LogP contribution in [0.3, 0.4) is 0 Å². The van der Waals surface area contributed by atoms with Crippen molar-refractivity contribution in [3.8, 4) is 0 Å². The fourth-order valence-corrected chi connectivity index (χ4v) is 3.86. The van der Waals surface area contributed by atoms with Crippen LogP contribution in [0.25, 0.3) is 0 Å². The number of methoxy groups -OCH3 is 1. The van der Waals surface area contributed by atoms with Crippen LogP contribution < -0.4 is 5.32 Å². The van der Waals surface area contributed by atoms with Gasteiger partial charge in [-0.25, -0.2) is 4.98 Å². The Bertz CT molecular complexity index is 459. The zero-order chi connectivity index (χ0) is 14.7. The first-order chi connectivity index (χ1) is 10.3. The third-order valence-corrected chi connectivity index (χ3v) is 4.84. The number of nitrogens with one attached hydrogen (secondary N) is 1. The summed E-state index contributed by atoms with van der Waals surface area (Å²) >= 11 is 0. The maximum absolute atomic E-state index is 5.11. The number of piperidine rings is 1. The number of rotatable bonds is 6. The topological polar surface area (TPSA) is 42.3 Å². The first-order valence-corrected chi connectivity index (χ1v) is 8.32. The molecule has 2 fully saturated rings. The van der Waals surface area contributed by atoms with Gasteiger partial charge in [0.2, 0.25) is 5.95 Å². The summed E-state index contributed by atoms with van der Waals surface area (Å²) in [7, 11) is 1.75. The maximum atomic E-state index is 5.11. The molecule has 0 aromatic carbocycles. The Balaban J connectivity index is 1.69. The number of nitrogens with zero attached hydrogens (tertiary/aromatic N) is 3. The molecule has 3 heterocycles. The van der Waals surface area contributed by atoms with E-state index in [1.54, 1.807) is 7.11 Å². The summed E-state index contributed by atoms with van der Waals surface area (Å²) in [5.41, 5.74) is 1.11. The van der Waals surface area contributed by atoms with Crippen LogP contribution in [0.1, 0.15) is 43.8 Å². The maximum Gasteiger partial charge on any atom is 0.203 e. The summed E-state index contributed by atoms with van der Waals surface area (Å²) < 4.78 is 7.51. The second-order valence-corrected chi connectivity index (χ2v) is 6.34. The van der Waals surface area contributed by atoms with Crippen molar-refractivity contribution < 1.29 is 4.74 Å². The lowest BCUT2D eigenvalue weighted by Gasteiger charge is -2.33. The van der Waals surface area contributed by atoms with E-state index < -0.39 is 0 Å². The van der Waals surface area contributed by atoms with Gasteiger partial charge in [-0.15, -0.1) is 0 Å². The van der Waals surface area contributed by atoms with Crippen LogP contribution in [-0.4, -0.2) is 53.8 Å². The van der Waals surface area contributed by atoms with Crippen LogP contribution >= 0.6 is 0 Å². The lowest BCUT2D eigenvalue weighted by atomic mass is 9.99. The summed E-state index contributed by atoms with van der Waals surface area (Å²) in [5.74, 6) is 1.04. The smallest absolute Gasteiger partial charge is 0.203 e. The highest BCUT2D eigenvalue weighted by Crippen LogP contribution is 2.36. The van der Waals surface area contributed by atoms with Crippen LogP contribution in [0.5, 0.6) is 0 Å². The predicted molar refractivity (Wildman–Crippen MR) is 84.8 cm³/mol. The lowest BCUT2D eigenvalue weighted by molar-refractivity contribution is 0.174. The van der Waals surface area contributed by atoms with E-state index in [1.165, 1.54) is 38.8 Å². The highest BCUT2D eigenvalue weighted by molar-refractivity contribution is 5.30. The van der Waals surface area contributed by atoms with Gasteiger partial charge >= 0.3 is 0 Å². The highest BCUT2D eigenvalue weighted by atomic mass is 16.5. The molecule has 0 aliphatic carbocycles. The summed E-state index contributed by atoms with van der Waals surface area (Å²) in [4.78, 5) is 7.36. The monoisotopic (exact) mass is 292 g/mol. The average Bonchev–Trinajstić information content (AvgIpc) is 3.07. The molecule has 1 N–H and O–H groups in total. The summed E-state index contributed by atoms with van der Waals surface area (Å²) in [6.45, 7) is 6.34. The highest BCUT2D eigenvalue weighted by Gasteiger charge is 2.37. The van der Waals surface area contributed by atoms with E-state index >= 15 is 0 Å². The van der Waals surface area contributed by atoms with Crippen molar-refractivity contribution in [3.63, 3.8) is 0 Å². The van der Waals surface area contributed by atoms with Gasteiger partial charge in [-0.05, 0) is 39.2 Å². The largest absolute Gasteiger partial charge is 0.385 e. The summed E-state index contributed by atoms with van der Waals surface area (Å²) in [5, 5.41) is 3.49. The van der Waals surface area contributed by atoms with E-state index in [1.807, 2.05) is 0 Å². The summed E-state index contributed by atoms with van der Waals surface area (Å²) in [6.07, 6.45) is 8.58. The Labute approximate surface area is 127 Å². The Morgan fingerprint density at radius 1 is 1.29 bits per heavy atom. The molecule has 2 aliphatic rings. The van der Waals surface area contributed by atoms with E-state index in [9.17, 15) is 0 Å². The molecule has 0 amide bonds. The van der Waals surface area contributed by atoms with Gasteiger partial charge in [-0.3, -0.25) is 4.90 Å². The fraction of sp³-hybridized carbons (Fsp3) is 0.812. The number of aryl methyl sites for hydroxylation is 1. The second-order valence-electron chi connectivity index (χ2n) is 6.34. The van der Waals surface area contributed by atoms with Crippen LogP contribution in [0, 0.1) is 6.92 Å². The van der Waals surface area contributed by atoms with E-state index in [0.717, 1.165) is 31.2 Å². The van der Waals surface area contributed by atoms with Crippen molar-refractivity contribution in [2.24, 2.45) is 0 Å². The Morgan fingerprint density at radius 3 is 3.05 bits per heavy atom. The quantitative estimate of drug-likeness (QED) is 0.818. The minimum atomic E-state index is 0.594. The molecular formula is C16H28N4O. The zero-order valence-electron chi connectivity index (χ0n) is 13.3. The van der Waals surface area contributed by atoms with Crippen molar-refractivity contribution in [1.82, 2.24) is 14.5 Å². The van der Waals surface area contributed by atoms with Crippen molar-refractivity contribution in [2.75, 3.05) is 38.7 Å². The van der Waals surface area contributed by atoms with Crippen LogP contribution in [0.15, 0.2) is 6.20 Å². The molecule has 2 atom stereocenters. The molecule has 2 aliphatic heterocycles. The van der Waals surface area contributed by atoms with E-state index in [0.29, 0.717) is 12.1 Å². The number of hydrogen-bond acceptors (Lipinski definition) is 4. The van der Waals surface area contributed by atoms with E-state index in [-0.39, 0.29) is 0 Å². The molecule has 118 valence electrons. The molecular weight excluding hydrogens is 264 g/mol. The van der Waals surface area contributed by atoms with Gasteiger partial charge in [-0.2, -0.15) is 0 Å². The molecule has 5 nitrogen and oxygen atoms in total. The van der Waals surface area contributed by atoms with E-state index in [2.05, 4.69) is 32.9 Å². The zero-order valence-corrected chi connectivity index (χ0v) is 13.3. The first-order valence-electron chi connectivity index (χ1n) is 8.32.